The fourth-order valence-electron chi connectivity index (χ4n) is 4.33. The standard InChI is InChI=1S/C23H22Cl2F3N3O/c1-13-10-14(23(26,27)28)11-19-20(13)18(29-30(19)2)12-16-17(24)7-6-15(21(16)25)22(32)31-8-4-3-5-9-31/h6-7,10-11H,3-5,8-9,12H2,1-2H3. The number of hydrogen-bond donors (Lipinski definition) is 0. The SMILES string of the molecule is Cc1cc(C(F)(F)F)cc2c1c(Cc1c(Cl)ccc(C(=O)N3CCCCC3)c1Cl)nn2C. The van der Waals surface area contributed by atoms with E-state index in [1.165, 1.54) is 4.68 Å². The van der Waals surface area contributed by atoms with Crippen LogP contribution in [0.1, 0.15) is 52.0 Å². The van der Waals surface area contributed by atoms with Crippen molar-refractivity contribution in [3.8, 4) is 0 Å². The molecule has 1 aliphatic rings. The number of halogens is 5. The second-order valence-corrected chi connectivity index (χ2v) is 8.96. The van der Waals surface area contributed by atoms with E-state index in [0.29, 0.717) is 51.4 Å². The van der Waals surface area contributed by atoms with Gasteiger partial charge in [-0.2, -0.15) is 18.3 Å². The summed E-state index contributed by atoms with van der Waals surface area (Å²) in [7, 11) is 1.60. The predicted octanol–water partition coefficient (Wildman–Crippen LogP) is 6.42. The molecule has 0 radical (unpaired) electrons. The highest BCUT2D eigenvalue weighted by Crippen LogP contribution is 2.36. The molecule has 3 aromatic rings. The third-order valence-electron chi connectivity index (χ3n) is 5.95. The summed E-state index contributed by atoms with van der Waals surface area (Å²) < 4.78 is 41.2. The maximum absolute atomic E-state index is 13.3. The number of piperidine rings is 1. The Labute approximate surface area is 193 Å². The number of rotatable bonds is 3. The third kappa shape index (κ3) is 4.20. The molecule has 0 atom stereocenters. The second-order valence-electron chi connectivity index (χ2n) is 8.17. The lowest BCUT2D eigenvalue weighted by Gasteiger charge is -2.27. The van der Waals surface area contributed by atoms with Crippen molar-refractivity contribution in [3.63, 3.8) is 0 Å². The normalized spacial score (nSPS) is 14.9. The molecule has 9 heteroatoms. The fourth-order valence-corrected chi connectivity index (χ4v) is 4.92. The summed E-state index contributed by atoms with van der Waals surface area (Å²) in [6.07, 6.45) is -1.22. The van der Waals surface area contributed by atoms with Crippen LogP contribution in [0.25, 0.3) is 10.9 Å². The van der Waals surface area contributed by atoms with Crippen molar-refractivity contribution in [2.45, 2.75) is 38.8 Å². The smallest absolute Gasteiger partial charge is 0.339 e. The minimum absolute atomic E-state index is 0.135. The van der Waals surface area contributed by atoms with Crippen LogP contribution in [0.4, 0.5) is 13.2 Å². The molecule has 170 valence electrons. The van der Waals surface area contributed by atoms with E-state index >= 15 is 0 Å². The zero-order chi connectivity index (χ0) is 23.2. The van der Waals surface area contributed by atoms with Gasteiger partial charge in [-0.05, 0) is 61.6 Å². The number of carbonyl (C=O) groups is 1. The molecule has 0 unspecified atom stereocenters. The maximum Gasteiger partial charge on any atom is 0.416 e. The first-order valence-electron chi connectivity index (χ1n) is 10.4. The largest absolute Gasteiger partial charge is 0.416 e. The lowest BCUT2D eigenvalue weighted by Crippen LogP contribution is -2.35. The first kappa shape index (κ1) is 22.9. The van der Waals surface area contributed by atoms with E-state index in [-0.39, 0.29) is 17.4 Å². The number of nitrogens with zero attached hydrogens (tertiary/aromatic N) is 3. The molecule has 1 aliphatic heterocycles. The molecule has 0 N–H and O–H groups in total. The molecule has 0 saturated carbocycles. The molecule has 2 aromatic carbocycles. The number of hydrogen-bond acceptors (Lipinski definition) is 2. The Morgan fingerprint density at radius 1 is 1.12 bits per heavy atom. The molecule has 2 heterocycles. The van der Waals surface area contributed by atoms with Gasteiger partial charge in [0.25, 0.3) is 5.91 Å². The Bertz CT molecular complexity index is 1200. The maximum atomic E-state index is 13.3. The van der Waals surface area contributed by atoms with Gasteiger partial charge in [0, 0.05) is 37.0 Å². The minimum atomic E-state index is -4.45. The highest BCUT2D eigenvalue weighted by atomic mass is 35.5. The van der Waals surface area contributed by atoms with E-state index in [0.717, 1.165) is 31.4 Å². The average Bonchev–Trinajstić information content (AvgIpc) is 3.06. The van der Waals surface area contributed by atoms with Crippen LogP contribution in [-0.2, 0) is 19.6 Å². The number of aromatic nitrogens is 2. The molecule has 1 saturated heterocycles. The summed E-state index contributed by atoms with van der Waals surface area (Å²) in [5.74, 6) is -0.135. The monoisotopic (exact) mass is 483 g/mol. The van der Waals surface area contributed by atoms with Crippen LogP contribution < -0.4 is 0 Å². The molecule has 0 spiro atoms. The van der Waals surface area contributed by atoms with Gasteiger partial charge >= 0.3 is 6.18 Å². The van der Waals surface area contributed by atoms with Crippen molar-refractivity contribution >= 4 is 40.0 Å². The summed E-state index contributed by atoms with van der Waals surface area (Å²) in [5.41, 5.74) is 1.59. The van der Waals surface area contributed by atoms with E-state index in [1.807, 2.05) is 0 Å². The van der Waals surface area contributed by atoms with Crippen LogP contribution in [0.2, 0.25) is 10.0 Å². The Hall–Kier alpha value is -2.25. The van der Waals surface area contributed by atoms with Crippen molar-refractivity contribution in [3.05, 3.63) is 62.3 Å². The van der Waals surface area contributed by atoms with Gasteiger partial charge < -0.3 is 4.90 Å². The zero-order valence-corrected chi connectivity index (χ0v) is 19.2. The molecule has 32 heavy (non-hydrogen) atoms. The number of alkyl halides is 3. The van der Waals surface area contributed by atoms with Crippen LogP contribution >= 0.6 is 23.2 Å². The predicted molar refractivity (Wildman–Crippen MR) is 119 cm³/mol. The molecule has 1 amide bonds. The summed E-state index contributed by atoms with van der Waals surface area (Å²) in [4.78, 5) is 14.8. The van der Waals surface area contributed by atoms with Crippen molar-refractivity contribution in [2.24, 2.45) is 7.05 Å². The fraction of sp³-hybridized carbons (Fsp3) is 0.391. The highest BCUT2D eigenvalue weighted by Gasteiger charge is 2.32. The van der Waals surface area contributed by atoms with Crippen molar-refractivity contribution in [2.75, 3.05) is 13.1 Å². The van der Waals surface area contributed by atoms with E-state index in [2.05, 4.69) is 5.10 Å². The molecular formula is C23H22Cl2F3N3O. The van der Waals surface area contributed by atoms with Gasteiger partial charge in [0.2, 0.25) is 0 Å². The first-order valence-corrected chi connectivity index (χ1v) is 11.1. The first-order chi connectivity index (χ1) is 15.1. The van der Waals surface area contributed by atoms with Crippen molar-refractivity contribution in [1.82, 2.24) is 14.7 Å². The number of aryl methyl sites for hydroxylation is 2. The number of carbonyl (C=O) groups excluding carboxylic acids is 1. The van der Waals surface area contributed by atoms with Gasteiger partial charge in [0.15, 0.2) is 0 Å². The molecule has 1 fully saturated rings. The summed E-state index contributed by atoms with van der Waals surface area (Å²) in [5, 5.41) is 5.72. The van der Waals surface area contributed by atoms with E-state index in [9.17, 15) is 18.0 Å². The lowest BCUT2D eigenvalue weighted by atomic mass is 9.99. The number of benzene rings is 2. The van der Waals surface area contributed by atoms with Crippen LogP contribution in [0, 0.1) is 6.92 Å². The summed E-state index contributed by atoms with van der Waals surface area (Å²) >= 11 is 13.1. The molecule has 4 rings (SSSR count). The third-order valence-corrected chi connectivity index (χ3v) is 6.74. The van der Waals surface area contributed by atoms with Crippen LogP contribution in [0.3, 0.4) is 0 Å². The molecule has 1 aromatic heterocycles. The number of fused-ring (bicyclic) bond motifs is 1. The van der Waals surface area contributed by atoms with Crippen LogP contribution in [0.15, 0.2) is 24.3 Å². The lowest BCUT2D eigenvalue weighted by molar-refractivity contribution is -0.137. The Kier molecular flexibility index (Phi) is 6.16. The topological polar surface area (TPSA) is 38.1 Å². The molecule has 0 aliphatic carbocycles. The highest BCUT2D eigenvalue weighted by molar-refractivity contribution is 6.38. The van der Waals surface area contributed by atoms with Crippen LogP contribution in [0.5, 0.6) is 0 Å². The number of amides is 1. The summed E-state index contributed by atoms with van der Waals surface area (Å²) in [6.45, 7) is 3.01. The van der Waals surface area contributed by atoms with E-state index < -0.39 is 11.7 Å². The van der Waals surface area contributed by atoms with Crippen molar-refractivity contribution < 1.29 is 18.0 Å². The van der Waals surface area contributed by atoms with Crippen LogP contribution in [-0.4, -0.2) is 33.7 Å². The van der Waals surface area contributed by atoms with Gasteiger partial charge in [-0.15, -0.1) is 0 Å². The Morgan fingerprint density at radius 3 is 2.47 bits per heavy atom. The second kappa shape index (κ2) is 8.60. The number of likely N-dealkylation sites (tertiary alicyclic amines) is 1. The average molecular weight is 484 g/mol. The van der Waals surface area contributed by atoms with Gasteiger partial charge in [0.05, 0.1) is 27.4 Å². The van der Waals surface area contributed by atoms with E-state index in [4.69, 9.17) is 23.2 Å². The quantitative estimate of drug-likeness (QED) is 0.430. The van der Waals surface area contributed by atoms with Gasteiger partial charge in [-0.25, -0.2) is 0 Å². The van der Waals surface area contributed by atoms with Gasteiger partial charge in [-0.3, -0.25) is 9.48 Å². The molecule has 0 bridgehead atoms. The van der Waals surface area contributed by atoms with Gasteiger partial charge in [-0.1, -0.05) is 23.2 Å². The minimum Gasteiger partial charge on any atom is -0.339 e. The van der Waals surface area contributed by atoms with Gasteiger partial charge in [0.1, 0.15) is 0 Å². The molecule has 4 nitrogen and oxygen atoms in total. The zero-order valence-electron chi connectivity index (χ0n) is 17.7. The van der Waals surface area contributed by atoms with E-state index in [1.54, 1.807) is 31.0 Å². The Balaban J connectivity index is 1.75. The Morgan fingerprint density at radius 2 is 1.81 bits per heavy atom. The summed E-state index contributed by atoms with van der Waals surface area (Å²) in [6, 6.07) is 5.48. The molecular weight excluding hydrogens is 462 g/mol. The van der Waals surface area contributed by atoms with Crippen molar-refractivity contribution in [1.29, 1.82) is 0 Å².